The van der Waals surface area contributed by atoms with Crippen LogP contribution in [0.15, 0.2) is 30.6 Å². The molecule has 0 unspecified atom stereocenters. The summed E-state index contributed by atoms with van der Waals surface area (Å²) in [6, 6.07) is 6.08. The normalized spacial score (nSPS) is 12.0. The molecule has 3 aromatic rings. The molecule has 3 nitrogen and oxygen atoms in total. The minimum atomic E-state index is 1.06. The van der Waals surface area contributed by atoms with Crippen LogP contribution in [-0.2, 0) is 0 Å². The van der Waals surface area contributed by atoms with E-state index in [1.165, 1.54) is 5.52 Å². The lowest BCUT2D eigenvalue weighted by Gasteiger charge is -1.86. The first kappa shape index (κ1) is 4.33. The van der Waals surface area contributed by atoms with Crippen LogP contribution < -0.4 is 0 Å². The molecule has 0 saturated carbocycles. The summed E-state index contributed by atoms with van der Waals surface area (Å²) in [6.45, 7) is 0. The molecule has 10 heavy (non-hydrogen) atoms. The highest BCUT2D eigenvalue weighted by molar-refractivity contribution is 5.74. The molecule has 0 radical (unpaired) electrons. The quantitative estimate of drug-likeness (QED) is 0.446. The highest BCUT2D eigenvalue weighted by Gasteiger charge is 2.03. The summed E-state index contributed by atoms with van der Waals surface area (Å²) in [6.07, 6.45) is 3.94. The van der Waals surface area contributed by atoms with Gasteiger partial charge >= 0.3 is 0 Å². The van der Waals surface area contributed by atoms with Crippen LogP contribution >= 0.6 is 0 Å². The summed E-state index contributed by atoms with van der Waals surface area (Å²) in [7, 11) is 0. The fraction of sp³-hybridized carbons (Fsp3) is 0. The molecular formula is C7H5N3. The van der Waals surface area contributed by atoms with Gasteiger partial charge in [0.2, 0.25) is 0 Å². The number of hydrogen-bond acceptors (Lipinski definition) is 1. The number of hydrogen-bond donors (Lipinski definition) is 0. The lowest BCUT2D eigenvalue weighted by atomic mass is 10.4. The van der Waals surface area contributed by atoms with Gasteiger partial charge in [0.25, 0.3) is 0 Å². The molecule has 0 amide bonds. The monoisotopic (exact) mass is 131 g/mol. The van der Waals surface area contributed by atoms with Crippen LogP contribution in [-0.4, -0.2) is 14.2 Å². The summed E-state index contributed by atoms with van der Waals surface area (Å²) in [5.41, 5.74) is 2.24. The summed E-state index contributed by atoms with van der Waals surface area (Å²) in [5, 5.41) is 4.23. The van der Waals surface area contributed by atoms with E-state index < -0.39 is 0 Å². The minimum absolute atomic E-state index is 1.06. The summed E-state index contributed by atoms with van der Waals surface area (Å²) < 4.78 is 3.83. The fourth-order valence-electron chi connectivity index (χ4n) is 1.32. The van der Waals surface area contributed by atoms with Gasteiger partial charge in [-0.2, -0.15) is 9.73 Å². The average molecular weight is 131 g/mol. The Bertz CT molecular complexity index is 422. The van der Waals surface area contributed by atoms with Crippen molar-refractivity contribution >= 4 is 11.0 Å². The van der Waals surface area contributed by atoms with E-state index in [1.807, 2.05) is 33.7 Å². The second-order valence-electron chi connectivity index (χ2n) is 2.36. The first-order chi connectivity index (χ1) is 4.95. The Morgan fingerprint density at radius 3 is 3.10 bits per heavy atom. The topological polar surface area (TPSA) is 21.7 Å². The summed E-state index contributed by atoms with van der Waals surface area (Å²) in [4.78, 5) is 0. The molecule has 0 N–H and O–H groups in total. The maximum Gasteiger partial charge on any atom is 0.113 e. The molecule has 0 fully saturated rings. The SMILES string of the molecule is c1cc2c3ccn(n3)n2c1. The first-order valence-electron chi connectivity index (χ1n) is 3.19. The minimum Gasteiger partial charge on any atom is -0.239 e. The number of nitrogens with zero attached hydrogens (tertiary/aromatic N) is 3. The molecule has 3 heteroatoms. The second kappa shape index (κ2) is 1.16. The third-order valence-corrected chi connectivity index (χ3v) is 1.79. The number of rotatable bonds is 0. The van der Waals surface area contributed by atoms with Crippen LogP contribution in [0, 0.1) is 0 Å². The largest absolute Gasteiger partial charge is 0.239 e. The predicted octanol–water partition coefficient (Wildman–Crippen LogP) is 1.02. The Morgan fingerprint density at radius 1 is 1.20 bits per heavy atom. The van der Waals surface area contributed by atoms with Crippen molar-refractivity contribution in [3.63, 3.8) is 0 Å². The van der Waals surface area contributed by atoms with Gasteiger partial charge in [-0.15, -0.1) is 0 Å². The summed E-state index contributed by atoms with van der Waals surface area (Å²) in [5.74, 6) is 0. The molecule has 0 aliphatic heterocycles. The lowest BCUT2D eigenvalue weighted by molar-refractivity contribution is 0.755. The molecular weight excluding hydrogens is 126 g/mol. The van der Waals surface area contributed by atoms with Gasteiger partial charge in [-0.1, -0.05) is 0 Å². The van der Waals surface area contributed by atoms with Gasteiger partial charge in [0.15, 0.2) is 0 Å². The molecule has 48 valence electrons. The van der Waals surface area contributed by atoms with Crippen molar-refractivity contribution in [1.82, 2.24) is 14.2 Å². The van der Waals surface area contributed by atoms with E-state index in [2.05, 4.69) is 11.2 Å². The Morgan fingerprint density at radius 2 is 2.20 bits per heavy atom. The third kappa shape index (κ3) is 0.301. The highest BCUT2D eigenvalue weighted by atomic mass is 15.5. The van der Waals surface area contributed by atoms with Gasteiger partial charge in [-0.05, 0) is 18.2 Å². The van der Waals surface area contributed by atoms with E-state index in [1.54, 1.807) is 0 Å². The average Bonchev–Trinajstić information content (AvgIpc) is 2.60. The molecule has 2 bridgehead atoms. The van der Waals surface area contributed by atoms with Crippen LogP contribution in [0.4, 0.5) is 0 Å². The molecule has 0 saturated heterocycles. The van der Waals surface area contributed by atoms with Crippen molar-refractivity contribution in [2.24, 2.45) is 0 Å². The maximum absolute atomic E-state index is 4.23. The maximum atomic E-state index is 4.23. The highest BCUT2D eigenvalue weighted by Crippen LogP contribution is 2.12. The van der Waals surface area contributed by atoms with Crippen LogP contribution in [0.1, 0.15) is 0 Å². The molecule has 0 aromatic carbocycles. The molecule has 3 heterocycles. The van der Waals surface area contributed by atoms with Crippen LogP contribution in [0.25, 0.3) is 11.0 Å². The molecule has 0 aliphatic rings. The zero-order chi connectivity index (χ0) is 6.55. The van der Waals surface area contributed by atoms with E-state index in [4.69, 9.17) is 0 Å². The van der Waals surface area contributed by atoms with Crippen LogP contribution in [0.2, 0.25) is 0 Å². The Labute approximate surface area is 56.8 Å². The van der Waals surface area contributed by atoms with E-state index >= 15 is 0 Å². The van der Waals surface area contributed by atoms with Gasteiger partial charge < -0.3 is 0 Å². The molecule has 3 aromatic heterocycles. The fourth-order valence-corrected chi connectivity index (χ4v) is 1.32. The van der Waals surface area contributed by atoms with Crippen molar-refractivity contribution in [1.29, 1.82) is 0 Å². The number of aromatic nitrogens is 3. The summed E-state index contributed by atoms with van der Waals surface area (Å²) >= 11 is 0. The third-order valence-electron chi connectivity index (χ3n) is 1.79. The van der Waals surface area contributed by atoms with Gasteiger partial charge in [-0.25, -0.2) is 4.52 Å². The smallest absolute Gasteiger partial charge is 0.113 e. The Hall–Kier alpha value is -1.51. The molecule has 0 aliphatic carbocycles. The van der Waals surface area contributed by atoms with Crippen molar-refractivity contribution in [3.05, 3.63) is 30.6 Å². The van der Waals surface area contributed by atoms with Crippen molar-refractivity contribution < 1.29 is 0 Å². The van der Waals surface area contributed by atoms with E-state index in [9.17, 15) is 0 Å². The Kier molecular flexibility index (Phi) is 0.502. The molecule has 3 rings (SSSR count). The first-order valence-corrected chi connectivity index (χ1v) is 3.19. The van der Waals surface area contributed by atoms with Crippen molar-refractivity contribution in [3.8, 4) is 0 Å². The zero-order valence-corrected chi connectivity index (χ0v) is 5.23. The zero-order valence-electron chi connectivity index (χ0n) is 5.23. The Balaban J connectivity index is 2.88. The molecule has 0 atom stereocenters. The van der Waals surface area contributed by atoms with Crippen molar-refractivity contribution in [2.45, 2.75) is 0 Å². The van der Waals surface area contributed by atoms with Gasteiger partial charge in [0, 0.05) is 6.20 Å². The van der Waals surface area contributed by atoms with Crippen LogP contribution in [0.5, 0.6) is 0 Å². The standard InChI is InChI=1S/C7H5N3/c1-2-7-6-3-5-10(8-6)9(7)4-1/h1-5H. The van der Waals surface area contributed by atoms with E-state index in [-0.39, 0.29) is 0 Å². The number of fused-ring (bicyclic) bond motifs is 5. The van der Waals surface area contributed by atoms with E-state index in [0.29, 0.717) is 0 Å². The van der Waals surface area contributed by atoms with Gasteiger partial charge in [0.1, 0.15) is 5.52 Å². The van der Waals surface area contributed by atoms with E-state index in [0.717, 1.165) is 5.52 Å². The second-order valence-corrected chi connectivity index (χ2v) is 2.36. The van der Waals surface area contributed by atoms with Crippen LogP contribution in [0.3, 0.4) is 0 Å². The van der Waals surface area contributed by atoms with Gasteiger partial charge in [-0.3, -0.25) is 0 Å². The van der Waals surface area contributed by atoms with Gasteiger partial charge in [0.05, 0.1) is 11.7 Å². The predicted molar refractivity (Wildman–Crippen MR) is 37.3 cm³/mol. The molecule has 0 spiro atoms. The lowest BCUT2D eigenvalue weighted by Crippen LogP contribution is -1.90. The van der Waals surface area contributed by atoms with Crippen molar-refractivity contribution in [2.75, 3.05) is 0 Å².